The van der Waals surface area contributed by atoms with Gasteiger partial charge in [-0.2, -0.15) is 13.2 Å². The Morgan fingerprint density at radius 1 is 0.972 bits per heavy atom. The molecule has 1 unspecified atom stereocenters. The van der Waals surface area contributed by atoms with Crippen molar-refractivity contribution in [3.63, 3.8) is 0 Å². The minimum absolute atomic E-state index is 0.197. The number of hydrogen-bond acceptors (Lipinski definition) is 3. The van der Waals surface area contributed by atoms with Gasteiger partial charge in [0.2, 0.25) is 5.91 Å². The highest BCUT2D eigenvalue weighted by atomic mass is 32.1. The predicted molar refractivity (Wildman–Crippen MR) is 137 cm³/mol. The lowest BCUT2D eigenvalue weighted by molar-refractivity contribution is -0.137. The molecule has 9 heteroatoms. The summed E-state index contributed by atoms with van der Waals surface area (Å²) in [6, 6.07) is 20.3. The maximum Gasteiger partial charge on any atom is 0.416 e. The fourth-order valence-electron chi connectivity index (χ4n) is 4.04. The summed E-state index contributed by atoms with van der Waals surface area (Å²) in [4.78, 5) is 29.4. The summed E-state index contributed by atoms with van der Waals surface area (Å²) in [5, 5.41) is 2.90. The number of thiocarbonyl (C=S) groups is 1. The number of carbonyl (C=O) groups is 2. The number of para-hydroxylation sites is 1. The maximum absolute atomic E-state index is 13.4. The molecule has 1 aliphatic rings. The second-order valence-corrected chi connectivity index (χ2v) is 8.93. The molecular weight excluding hydrogens is 487 g/mol. The van der Waals surface area contributed by atoms with Gasteiger partial charge in [0.25, 0.3) is 5.91 Å². The number of benzene rings is 3. The van der Waals surface area contributed by atoms with Crippen molar-refractivity contribution in [2.75, 3.05) is 16.8 Å². The van der Waals surface area contributed by atoms with Crippen molar-refractivity contribution >= 4 is 40.5 Å². The lowest BCUT2D eigenvalue weighted by Crippen LogP contribution is -2.39. The van der Waals surface area contributed by atoms with Crippen LogP contribution in [0.3, 0.4) is 0 Å². The van der Waals surface area contributed by atoms with Gasteiger partial charge in [0.15, 0.2) is 5.11 Å². The van der Waals surface area contributed by atoms with E-state index in [1.165, 1.54) is 17.0 Å². The van der Waals surface area contributed by atoms with E-state index >= 15 is 0 Å². The third kappa shape index (κ3) is 5.73. The van der Waals surface area contributed by atoms with Crippen LogP contribution in [-0.2, 0) is 22.2 Å². The highest BCUT2D eigenvalue weighted by Crippen LogP contribution is 2.30. The first kappa shape index (κ1) is 25.4. The van der Waals surface area contributed by atoms with Gasteiger partial charge in [0.05, 0.1) is 17.7 Å². The lowest BCUT2D eigenvalue weighted by atomic mass is 10.1. The van der Waals surface area contributed by atoms with E-state index in [0.717, 1.165) is 23.3 Å². The molecule has 0 aromatic heterocycles. The van der Waals surface area contributed by atoms with Crippen LogP contribution in [0.25, 0.3) is 0 Å². The summed E-state index contributed by atoms with van der Waals surface area (Å²) in [5.41, 5.74) is 2.23. The van der Waals surface area contributed by atoms with Gasteiger partial charge in [-0.15, -0.1) is 0 Å². The van der Waals surface area contributed by atoms with Crippen LogP contribution in [0.15, 0.2) is 78.9 Å². The van der Waals surface area contributed by atoms with Crippen molar-refractivity contribution in [2.45, 2.75) is 32.0 Å². The Balaban J connectivity index is 1.51. The normalized spacial score (nSPS) is 15.9. The zero-order valence-corrected chi connectivity index (χ0v) is 20.3. The van der Waals surface area contributed by atoms with E-state index in [1.54, 1.807) is 29.2 Å². The van der Waals surface area contributed by atoms with Gasteiger partial charge in [0.1, 0.15) is 6.04 Å². The number of anilines is 2. The number of rotatable bonds is 7. The third-order valence-corrected chi connectivity index (χ3v) is 6.39. The monoisotopic (exact) mass is 511 g/mol. The quantitative estimate of drug-likeness (QED) is 0.421. The van der Waals surface area contributed by atoms with Gasteiger partial charge in [-0.1, -0.05) is 48.0 Å². The molecule has 1 aliphatic heterocycles. The van der Waals surface area contributed by atoms with Gasteiger partial charge in [-0.25, -0.2) is 0 Å². The van der Waals surface area contributed by atoms with E-state index in [-0.39, 0.29) is 18.0 Å². The molecule has 0 aliphatic carbocycles. The van der Waals surface area contributed by atoms with Crippen LogP contribution >= 0.6 is 12.2 Å². The molecule has 1 heterocycles. The molecule has 1 fully saturated rings. The van der Waals surface area contributed by atoms with Crippen molar-refractivity contribution in [1.29, 1.82) is 0 Å². The molecule has 1 atom stereocenters. The SMILES string of the molecule is Cc1ccc(CCN2C(=S)N(c3ccccc3)C(=O)C2CC(=O)Nc2ccc(C(F)(F)F)cc2)cc1. The van der Waals surface area contributed by atoms with E-state index in [1.807, 2.05) is 37.3 Å². The number of amides is 2. The molecule has 1 N–H and O–H groups in total. The zero-order chi connectivity index (χ0) is 25.9. The molecule has 0 bridgehead atoms. The first-order valence-corrected chi connectivity index (χ1v) is 11.8. The fourth-order valence-corrected chi connectivity index (χ4v) is 4.45. The molecule has 3 aromatic carbocycles. The first-order chi connectivity index (χ1) is 17.1. The standard InChI is InChI=1S/C27H24F3N3O2S/c1-18-7-9-19(10-8-18)15-16-32-23(25(35)33(26(32)36)22-5-3-2-4-6-22)17-24(34)31-21-13-11-20(12-14-21)27(28,29)30/h2-14,23H,15-17H2,1H3,(H,31,34). The Kier molecular flexibility index (Phi) is 7.40. The van der Waals surface area contributed by atoms with Gasteiger partial charge in [-0.3, -0.25) is 14.5 Å². The zero-order valence-electron chi connectivity index (χ0n) is 19.5. The Labute approximate surface area is 212 Å². The van der Waals surface area contributed by atoms with Crippen LogP contribution in [0.2, 0.25) is 0 Å². The molecule has 0 saturated carbocycles. The Bertz CT molecular complexity index is 1250. The number of hydrogen-bond donors (Lipinski definition) is 1. The summed E-state index contributed by atoms with van der Waals surface area (Å²) in [6.07, 6.45) is -4.04. The largest absolute Gasteiger partial charge is 0.416 e. The highest BCUT2D eigenvalue weighted by molar-refractivity contribution is 7.80. The van der Waals surface area contributed by atoms with Crippen LogP contribution < -0.4 is 10.2 Å². The summed E-state index contributed by atoms with van der Waals surface area (Å²) >= 11 is 5.66. The second kappa shape index (κ2) is 10.5. The Morgan fingerprint density at radius 2 is 1.61 bits per heavy atom. The smallest absolute Gasteiger partial charge is 0.336 e. The molecule has 1 saturated heterocycles. The molecule has 36 heavy (non-hydrogen) atoms. The minimum Gasteiger partial charge on any atom is -0.336 e. The molecule has 2 amide bonds. The molecule has 0 radical (unpaired) electrons. The van der Waals surface area contributed by atoms with Gasteiger partial charge >= 0.3 is 6.18 Å². The minimum atomic E-state index is -4.46. The number of carbonyl (C=O) groups excluding carboxylic acids is 2. The van der Waals surface area contributed by atoms with Gasteiger partial charge < -0.3 is 10.2 Å². The number of halogens is 3. The molecule has 3 aromatic rings. The lowest BCUT2D eigenvalue weighted by Gasteiger charge is -2.24. The topological polar surface area (TPSA) is 52.7 Å². The maximum atomic E-state index is 13.4. The van der Waals surface area contributed by atoms with Crippen molar-refractivity contribution in [3.8, 4) is 0 Å². The van der Waals surface area contributed by atoms with Crippen molar-refractivity contribution in [1.82, 2.24) is 4.90 Å². The number of nitrogens with one attached hydrogen (secondary N) is 1. The summed E-state index contributed by atoms with van der Waals surface area (Å²) in [5.74, 6) is -0.816. The molecule has 0 spiro atoms. The van der Waals surface area contributed by atoms with Crippen LogP contribution in [0.1, 0.15) is 23.1 Å². The molecular formula is C27H24F3N3O2S. The van der Waals surface area contributed by atoms with Gasteiger partial charge in [-0.05, 0) is 67.5 Å². The van der Waals surface area contributed by atoms with Crippen molar-refractivity contribution in [3.05, 3.63) is 95.6 Å². The number of aryl methyl sites for hydroxylation is 1. The molecule has 186 valence electrons. The Hall–Kier alpha value is -3.72. The number of alkyl halides is 3. The van der Waals surface area contributed by atoms with E-state index in [2.05, 4.69) is 5.32 Å². The van der Waals surface area contributed by atoms with Gasteiger partial charge in [0, 0.05) is 12.2 Å². The summed E-state index contributed by atoms with van der Waals surface area (Å²) in [7, 11) is 0. The third-order valence-electron chi connectivity index (χ3n) is 5.97. The number of nitrogens with zero attached hydrogens (tertiary/aromatic N) is 2. The van der Waals surface area contributed by atoms with Crippen molar-refractivity contribution in [2.24, 2.45) is 0 Å². The van der Waals surface area contributed by atoms with E-state index in [4.69, 9.17) is 12.2 Å². The molecule has 4 rings (SSSR count). The Morgan fingerprint density at radius 3 is 2.22 bits per heavy atom. The fraction of sp³-hybridized carbons (Fsp3) is 0.222. The van der Waals surface area contributed by atoms with Crippen LogP contribution in [0.4, 0.5) is 24.5 Å². The summed E-state index contributed by atoms with van der Waals surface area (Å²) in [6.45, 7) is 2.43. The van der Waals surface area contributed by atoms with Crippen LogP contribution in [-0.4, -0.2) is 34.4 Å². The average molecular weight is 512 g/mol. The van der Waals surface area contributed by atoms with E-state index in [0.29, 0.717) is 23.8 Å². The van der Waals surface area contributed by atoms with E-state index < -0.39 is 23.7 Å². The van der Waals surface area contributed by atoms with Crippen molar-refractivity contribution < 1.29 is 22.8 Å². The van der Waals surface area contributed by atoms with Crippen LogP contribution in [0, 0.1) is 6.92 Å². The summed E-state index contributed by atoms with van der Waals surface area (Å²) < 4.78 is 38.5. The molecule has 5 nitrogen and oxygen atoms in total. The van der Waals surface area contributed by atoms with Crippen LogP contribution in [0.5, 0.6) is 0 Å². The highest BCUT2D eigenvalue weighted by Gasteiger charge is 2.43. The average Bonchev–Trinajstić information content (AvgIpc) is 3.07. The van der Waals surface area contributed by atoms with E-state index in [9.17, 15) is 22.8 Å². The second-order valence-electron chi connectivity index (χ2n) is 8.56. The predicted octanol–water partition coefficient (Wildman–Crippen LogP) is 5.59. The first-order valence-electron chi connectivity index (χ1n) is 11.4.